The molecule has 11 heteroatoms. The van der Waals surface area contributed by atoms with Crippen molar-refractivity contribution < 1.29 is 27.9 Å². The van der Waals surface area contributed by atoms with E-state index in [9.17, 15) is 23.1 Å². The number of sulfonamides is 1. The number of rotatable bonds is 10. The Bertz CT molecular complexity index is 1510. The molecule has 1 saturated carbocycles. The van der Waals surface area contributed by atoms with Crippen LogP contribution in [0.4, 0.5) is 5.69 Å². The SMILES string of the molecule is CCC(C)NS(=O)(=O)c1cc(NC(=O)C2CC2)ccc1Oc1c(C)c(C(=O)O)nn1-c1cccc(C)c1C. The first-order chi connectivity index (χ1) is 17.9. The molecule has 1 unspecified atom stereocenters. The largest absolute Gasteiger partial charge is 0.476 e. The number of benzene rings is 2. The lowest BCUT2D eigenvalue weighted by molar-refractivity contribution is -0.117. The second-order valence-electron chi connectivity index (χ2n) is 9.67. The van der Waals surface area contributed by atoms with Gasteiger partial charge < -0.3 is 15.2 Å². The summed E-state index contributed by atoms with van der Waals surface area (Å²) in [7, 11) is -4.07. The van der Waals surface area contributed by atoms with Crippen LogP contribution in [-0.4, -0.2) is 41.2 Å². The van der Waals surface area contributed by atoms with Crippen LogP contribution >= 0.6 is 0 Å². The van der Waals surface area contributed by atoms with Gasteiger partial charge in [0.15, 0.2) is 5.69 Å². The van der Waals surface area contributed by atoms with Crippen molar-refractivity contribution in [2.75, 3.05) is 5.32 Å². The highest BCUT2D eigenvalue weighted by Gasteiger charge is 2.31. The number of carbonyl (C=O) groups excluding carboxylic acids is 1. The molecule has 10 nitrogen and oxygen atoms in total. The number of carboxylic acids is 1. The van der Waals surface area contributed by atoms with Crippen molar-refractivity contribution in [2.24, 2.45) is 5.92 Å². The molecule has 1 amide bonds. The first-order valence-corrected chi connectivity index (χ1v) is 14.0. The van der Waals surface area contributed by atoms with Crippen molar-refractivity contribution in [3.63, 3.8) is 0 Å². The molecule has 1 atom stereocenters. The molecule has 2 aromatic carbocycles. The number of aromatic carboxylic acids is 1. The molecule has 4 rings (SSSR count). The molecule has 202 valence electrons. The number of anilines is 1. The lowest BCUT2D eigenvalue weighted by Gasteiger charge is -2.18. The second kappa shape index (κ2) is 10.6. The average molecular weight is 541 g/mol. The number of carbonyl (C=O) groups is 2. The Morgan fingerprint density at radius 2 is 1.87 bits per heavy atom. The Morgan fingerprint density at radius 1 is 1.16 bits per heavy atom. The number of carboxylic acid groups (broad SMARTS) is 1. The van der Waals surface area contributed by atoms with Crippen LogP contribution in [0.15, 0.2) is 41.3 Å². The maximum absolute atomic E-state index is 13.4. The minimum absolute atomic E-state index is 0.0308. The topological polar surface area (TPSA) is 140 Å². The van der Waals surface area contributed by atoms with Gasteiger partial charge in [0.05, 0.1) is 5.69 Å². The molecule has 1 fully saturated rings. The molecule has 1 aromatic heterocycles. The Morgan fingerprint density at radius 3 is 2.50 bits per heavy atom. The number of hydrogen-bond acceptors (Lipinski definition) is 6. The van der Waals surface area contributed by atoms with E-state index in [0.29, 0.717) is 17.8 Å². The number of nitrogens with one attached hydrogen (secondary N) is 2. The van der Waals surface area contributed by atoms with Crippen LogP contribution in [0.5, 0.6) is 11.6 Å². The van der Waals surface area contributed by atoms with E-state index >= 15 is 0 Å². The quantitative estimate of drug-likeness (QED) is 0.338. The molecule has 0 saturated heterocycles. The minimum atomic E-state index is -4.07. The third-order valence-corrected chi connectivity index (χ3v) is 8.31. The van der Waals surface area contributed by atoms with Crippen LogP contribution < -0.4 is 14.8 Å². The standard InChI is InChI=1S/C27H32N4O6S/c1-6-16(3)30-38(35,36)23-14-20(28-25(32)19-10-11-19)12-13-22(23)37-26-18(5)24(27(33)34)29-31(26)21-9-7-8-15(2)17(21)4/h7-9,12-14,16,19,30H,6,10-11H2,1-5H3,(H,28,32)(H,33,34). The molecule has 0 spiro atoms. The van der Waals surface area contributed by atoms with Crippen LogP contribution in [0.3, 0.4) is 0 Å². The van der Waals surface area contributed by atoms with Crippen molar-refractivity contribution in [3.8, 4) is 17.3 Å². The van der Waals surface area contributed by atoms with Crippen LogP contribution in [0.1, 0.15) is 60.3 Å². The van der Waals surface area contributed by atoms with Crippen molar-refractivity contribution in [1.82, 2.24) is 14.5 Å². The van der Waals surface area contributed by atoms with Crippen molar-refractivity contribution >= 4 is 27.6 Å². The molecular weight excluding hydrogens is 508 g/mol. The van der Waals surface area contributed by atoms with Crippen LogP contribution in [-0.2, 0) is 14.8 Å². The molecule has 1 heterocycles. The Kier molecular flexibility index (Phi) is 7.61. The van der Waals surface area contributed by atoms with Gasteiger partial charge in [-0.3, -0.25) is 4.79 Å². The fourth-order valence-electron chi connectivity index (χ4n) is 3.92. The number of aryl methyl sites for hydroxylation is 1. The van der Waals surface area contributed by atoms with Gasteiger partial charge in [-0.25, -0.2) is 17.9 Å². The van der Waals surface area contributed by atoms with E-state index in [2.05, 4.69) is 15.1 Å². The van der Waals surface area contributed by atoms with E-state index in [1.807, 2.05) is 32.9 Å². The summed E-state index contributed by atoms with van der Waals surface area (Å²) in [6, 6.07) is 9.55. The summed E-state index contributed by atoms with van der Waals surface area (Å²) in [6.07, 6.45) is 2.18. The zero-order chi connectivity index (χ0) is 27.8. The molecule has 1 aliphatic carbocycles. The van der Waals surface area contributed by atoms with Gasteiger partial charge >= 0.3 is 5.97 Å². The third-order valence-electron chi connectivity index (χ3n) is 6.70. The van der Waals surface area contributed by atoms with Crippen LogP contribution in [0.2, 0.25) is 0 Å². The maximum Gasteiger partial charge on any atom is 0.356 e. The highest BCUT2D eigenvalue weighted by atomic mass is 32.2. The van der Waals surface area contributed by atoms with Gasteiger partial charge in [-0.1, -0.05) is 19.1 Å². The van der Waals surface area contributed by atoms with Gasteiger partial charge in [-0.15, -0.1) is 0 Å². The van der Waals surface area contributed by atoms with E-state index in [4.69, 9.17) is 4.74 Å². The van der Waals surface area contributed by atoms with Gasteiger partial charge in [-0.2, -0.15) is 9.78 Å². The van der Waals surface area contributed by atoms with E-state index in [0.717, 1.165) is 24.0 Å². The maximum atomic E-state index is 13.4. The monoisotopic (exact) mass is 540 g/mol. The van der Waals surface area contributed by atoms with Crippen molar-refractivity contribution in [3.05, 3.63) is 58.8 Å². The average Bonchev–Trinajstić information content (AvgIpc) is 3.66. The lowest BCUT2D eigenvalue weighted by atomic mass is 10.1. The second-order valence-corrected chi connectivity index (χ2v) is 11.4. The summed E-state index contributed by atoms with van der Waals surface area (Å²) in [4.78, 5) is 24.1. The van der Waals surface area contributed by atoms with Crippen LogP contribution in [0.25, 0.3) is 5.69 Å². The minimum Gasteiger partial charge on any atom is -0.476 e. The Labute approximate surface area is 222 Å². The van der Waals surface area contributed by atoms with Gasteiger partial charge in [0.2, 0.25) is 21.8 Å². The fraction of sp³-hybridized carbons (Fsp3) is 0.370. The summed E-state index contributed by atoms with van der Waals surface area (Å²) in [5.74, 6) is -1.41. The Balaban J connectivity index is 1.85. The normalized spacial score (nSPS) is 14.2. The van der Waals surface area contributed by atoms with Gasteiger partial charge in [0, 0.05) is 23.2 Å². The summed E-state index contributed by atoms with van der Waals surface area (Å²) < 4.78 is 37.0. The predicted octanol–water partition coefficient (Wildman–Crippen LogP) is 4.71. The smallest absolute Gasteiger partial charge is 0.356 e. The summed E-state index contributed by atoms with van der Waals surface area (Å²) in [5, 5.41) is 16.8. The molecule has 3 aromatic rings. The molecule has 3 N–H and O–H groups in total. The molecule has 0 bridgehead atoms. The fourth-order valence-corrected chi connectivity index (χ4v) is 5.40. The predicted molar refractivity (Wildman–Crippen MR) is 143 cm³/mol. The van der Waals surface area contributed by atoms with E-state index < -0.39 is 16.0 Å². The first-order valence-electron chi connectivity index (χ1n) is 12.5. The zero-order valence-electron chi connectivity index (χ0n) is 22.0. The van der Waals surface area contributed by atoms with Gasteiger partial charge in [0.25, 0.3) is 0 Å². The van der Waals surface area contributed by atoms with Crippen molar-refractivity contribution in [1.29, 1.82) is 0 Å². The summed E-state index contributed by atoms with van der Waals surface area (Å²) in [5.41, 5.74) is 2.78. The molecule has 38 heavy (non-hydrogen) atoms. The Hall–Kier alpha value is -3.70. The van der Waals surface area contributed by atoms with Crippen molar-refractivity contribution in [2.45, 2.75) is 64.8 Å². The van der Waals surface area contributed by atoms with Gasteiger partial charge in [0.1, 0.15) is 10.6 Å². The highest BCUT2D eigenvalue weighted by molar-refractivity contribution is 7.89. The molecular formula is C27H32N4O6S. The van der Waals surface area contributed by atoms with E-state index in [1.165, 1.54) is 16.8 Å². The number of aromatic nitrogens is 2. The summed E-state index contributed by atoms with van der Waals surface area (Å²) in [6.45, 7) is 8.97. The molecule has 0 radical (unpaired) electrons. The third kappa shape index (κ3) is 5.58. The molecule has 0 aliphatic heterocycles. The van der Waals surface area contributed by atoms with Crippen LogP contribution in [0, 0.1) is 26.7 Å². The molecule has 1 aliphatic rings. The number of hydrogen-bond donors (Lipinski definition) is 3. The zero-order valence-corrected chi connectivity index (χ0v) is 22.8. The van der Waals surface area contributed by atoms with Gasteiger partial charge in [-0.05, 0) is 82.3 Å². The number of amides is 1. The van der Waals surface area contributed by atoms with E-state index in [1.54, 1.807) is 26.0 Å². The number of ether oxygens (including phenoxy) is 1. The lowest BCUT2D eigenvalue weighted by Crippen LogP contribution is -2.32. The van der Waals surface area contributed by atoms with E-state index in [-0.39, 0.29) is 45.6 Å². The first kappa shape index (κ1) is 27.3. The summed E-state index contributed by atoms with van der Waals surface area (Å²) >= 11 is 0. The highest BCUT2D eigenvalue weighted by Crippen LogP contribution is 2.37. The number of nitrogens with zero attached hydrogens (tertiary/aromatic N) is 2.